The Kier molecular flexibility index (Phi) is 5.48. The highest BCUT2D eigenvalue weighted by Gasteiger charge is 2.14. The average molecular weight is 328 g/mol. The second-order valence-electron chi connectivity index (χ2n) is 5.78. The molecule has 0 unspecified atom stereocenters. The van der Waals surface area contributed by atoms with Crippen molar-refractivity contribution in [2.45, 2.75) is 13.3 Å². The van der Waals surface area contributed by atoms with Gasteiger partial charge >= 0.3 is 0 Å². The lowest BCUT2D eigenvalue weighted by Gasteiger charge is -2.28. The lowest BCUT2D eigenvalue weighted by Crippen LogP contribution is -2.37. The maximum Gasteiger partial charge on any atom is 0.134 e. The van der Waals surface area contributed by atoms with Crippen LogP contribution in [-0.4, -0.2) is 49.9 Å². The minimum Gasteiger partial charge on any atom is -0.497 e. The quantitative estimate of drug-likeness (QED) is 0.878. The van der Waals surface area contributed by atoms with Gasteiger partial charge in [-0.05, 0) is 31.0 Å². The number of ether oxygens (including phenoxy) is 2. The van der Waals surface area contributed by atoms with E-state index in [0.717, 1.165) is 62.5 Å². The van der Waals surface area contributed by atoms with E-state index < -0.39 is 0 Å². The van der Waals surface area contributed by atoms with Crippen molar-refractivity contribution in [1.29, 1.82) is 0 Å². The number of rotatable bonds is 6. The zero-order valence-corrected chi connectivity index (χ0v) is 14.3. The Morgan fingerprint density at radius 1 is 1.17 bits per heavy atom. The molecular formula is C18H24N4O2. The van der Waals surface area contributed by atoms with Gasteiger partial charge in [0.05, 0.1) is 20.3 Å². The van der Waals surface area contributed by atoms with E-state index in [9.17, 15) is 0 Å². The zero-order valence-electron chi connectivity index (χ0n) is 14.3. The summed E-state index contributed by atoms with van der Waals surface area (Å²) in [5.74, 6) is 3.51. The summed E-state index contributed by atoms with van der Waals surface area (Å²) in [5, 5.41) is 3.40. The average Bonchev–Trinajstić information content (AvgIpc) is 2.63. The standard InChI is InChI=1S/C18H24N4O2/c1-14-20-17(13-18(21-14)22-9-11-24-12-10-22)19-8-7-15-3-5-16(23-2)6-4-15/h3-6,13H,7-12H2,1-2H3,(H,19,20,21). The van der Waals surface area contributed by atoms with Gasteiger partial charge in [0.2, 0.25) is 0 Å². The number of morpholine rings is 1. The van der Waals surface area contributed by atoms with Crippen LogP contribution in [0.25, 0.3) is 0 Å². The zero-order chi connectivity index (χ0) is 16.8. The summed E-state index contributed by atoms with van der Waals surface area (Å²) < 4.78 is 10.6. The Morgan fingerprint density at radius 2 is 1.92 bits per heavy atom. The largest absolute Gasteiger partial charge is 0.497 e. The molecule has 0 atom stereocenters. The Morgan fingerprint density at radius 3 is 2.62 bits per heavy atom. The number of aryl methyl sites for hydroxylation is 1. The van der Waals surface area contributed by atoms with E-state index in [2.05, 4.69) is 32.3 Å². The molecule has 1 N–H and O–H groups in total. The minimum absolute atomic E-state index is 0.753. The van der Waals surface area contributed by atoms with Crippen molar-refractivity contribution in [3.8, 4) is 5.75 Å². The molecule has 1 aliphatic heterocycles. The SMILES string of the molecule is COc1ccc(CCNc2cc(N3CCOCC3)nc(C)n2)cc1. The number of benzene rings is 1. The van der Waals surface area contributed by atoms with Crippen molar-refractivity contribution in [3.63, 3.8) is 0 Å². The lowest BCUT2D eigenvalue weighted by molar-refractivity contribution is 0.122. The van der Waals surface area contributed by atoms with Gasteiger partial charge in [0.1, 0.15) is 23.2 Å². The molecule has 1 fully saturated rings. The van der Waals surface area contributed by atoms with Crippen LogP contribution in [0.3, 0.4) is 0 Å². The van der Waals surface area contributed by atoms with Gasteiger partial charge in [0.25, 0.3) is 0 Å². The third-order valence-corrected chi connectivity index (χ3v) is 4.04. The van der Waals surface area contributed by atoms with Crippen LogP contribution in [-0.2, 0) is 11.2 Å². The molecule has 0 radical (unpaired) electrons. The Labute approximate surface area is 142 Å². The summed E-state index contributed by atoms with van der Waals surface area (Å²) in [4.78, 5) is 11.3. The lowest BCUT2D eigenvalue weighted by atomic mass is 10.1. The molecule has 128 valence electrons. The molecule has 0 aliphatic carbocycles. The normalized spacial score (nSPS) is 14.5. The summed E-state index contributed by atoms with van der Waals surface area (Å²) in [6, 6.07) is 10.2. The van der Waals surface area contributed by atoms with Crippen LogP contribution < -0.4 is 15.0 Å². The maximum absolute atomic E-state index is 5.40. The summed E-state index contributed by atoms with van der Waals surface area (Å²) in [6.07, 6.45) is 0.930. The number of nitrogens with one attached hydrogen (secondary N) is 1. The van der Waals surface area contributed by atoms with Gasteiger partial charge in [0.15, 0.2) is 0 Å². The molecule has 6 heteroatoms. The molecule has 2 heterocycles. The summed E-state index contributed by atoms with van der Waals surface area (Å²) in [5.41, 5.74) is 1.27. The second-order valence-corrected chi connectivity index (χ2v) is 5.78. The van der Waals surface area contributed by atoms with Gasteiger partial charge in [-0.15, -0.1) is 0 Å². The number of anilines is 2. The number of nitrogens with zero attached hydrogens (tertiary/aromatic N) is 3. The van der Waals surface area contributed by atoms with Crippen LogP contribution in [0, 0.1) is 6.92 Å². The van der Waals surface area contributed by atoms with Crippen molar-refractivity contribution in [2.75, 3.05) is 50.2 Å². The highest BCUT2D eigenvalue weighted by molar-refractivity contribution is 5.49. The maximum atomic E-state index is 5.40. The fourth-order valence-corrected chi connectivity index (χ4v) is 2.72. The predicted octanol–water partition coefficient (Wildman–Crippen LogP) is 2.28. The van der Waals surface area contributed by atoms with Gasteiger partial charge in [-0.1, -0.05) is 12.1 Å². The molecule has 6 nitrogen and oxygen atoms in total. The molecule has 0 amide bonds. The van der Waals surface area contributed by atoms with Gasteiger partial charge in [0, 0.05) is 25.7 Å². The van der Waals surface area contributed by atoms with Crippen LogP contribution in [0.1, 0.15) is 11.4 Å². The van der Waals surface area contributed by atoms with Crippen LogP contribution in [0.2, 0.25) is 0 Å². The second kappa shape index (κ2) is 7.97. The molecule has 1 aromatic carbocycles. The summed E-state index contributed by atoms with van der Waals surface area (Å²) >= 11 is 0. The van der Waals surface area contributed by atoms with Crippen molar-refractivity contribution < 1.29 is 9.47 Å². The topological polar surface area (TPSA) is 59.5 Å². The third-order valence-electron chi connectivity index (χ3n) is 4.04. The predicted molar refractivity (Wildman–Crippen MR) is 95.0 cm³/mol. The monoisotopic (exact) mass is 328 g/mol. The first-order valence-corrected chi connectivity index (χ1v) is 8.30. The number of aromatic nitrogens is 2. The molecule has 2 aromatic rings. The van der Waals surface area contributed by atoms with Crippen molar-refractivity contribution in [2.24, 2.45) is 0 Å². The Hall–Kier alpha value is -2.34. The van der Waals surface area contributed by atoms with E-state index in [1.54, 1.807) is 7.11 Å². The van der Waals surface area contributed by atoms with Crippen molar-refractivity contribution >= 4 is 11.6 Å². The molecular weight excluding hydrogens is 304 g/mol. The van der Waals surface area contributed by atoms with E-state index in [1.807, 2.05) is 25.1 Å². The molecule has 1 aromatic heterocycles. The molecule has 3 rings (SSSR count). The minimum atomic E-state index is 0.753. The van der Waals surface area contributed by atoms with Gasteiger partial charge < -0.3 is 19.7 Å². The van der Waals surface area contributed by atoms with Gasteiger partial charge in [-0.3, -0.25) is 0 Å². The smallest absolute Gasteiger partial charge is 0.134 e. The van der Waals surface area contributed by atoms with Crippen LogP contribution in [0.15, 0.2) is 30.3 Å². The Bertz CT molecular complexity index is 655. The molecule has 24 heavy (non-hydrogen) atoms. The first-order valence-electron chi connectivity index (χ1n) is 8.30. The van der Waals surface area contributed by atoms with E-state index >= 15 is 0 Å². The van der Waals surface area contributed by atoms with E-state index in [4.69, 9.17) is 9.47 Å². The molecule has 1 aliphatic rings. The Balaban J connectivity index is 1.58. The number of hydrogen-bond donors (Lipinski definition) is 1. The van der Waals surface area contributed by atoms with Gasteiger partial charge in [-0.25, -0.2) is 9.97 Å². The van der Waals surface area contributed by atoms with E-state index in [1.165, 1.54) is 5.56 Å². The van der Waals surface area contributed by atoms with E-state index in [-0.39, 0.29) is 0 Å². The van der Waals surface area contributed by atoms with Crippen molar-refractivity contribution in [1.82, 2.24) is 9.97 Å². The highest BCUT2D eigenvalue weighted by Crippen LogP contribution is 2.17. The molecule has 0 saturated carbocycles. The van der Waals surface area contributed by atoms with Crippen LogP contribution in [0.5, 0.6) is 5.75 Å². The fraction of sp³-hybridized carbons (Fsp3) is 0.444. The van der Waals surface area contributed by atoms with Gasteiger partial charge in [-0.2, -0.15) is 0 Å². The summed E-state index contributed by atoms with van der Waals surface area (Å²) in [6.45, 7) is 6.01. The molecule has 0 bridgehead atoms. The first kappa shape index (κ1) is 16.5. The number of methoxy groups -OCH3 is 1. The molecule has 0 spiro atoms. The first-order chi connectivity index (χ1) is 11.7. The van der Waals surface area contributed by atoms with Crippen LogP contribution >= 0.6 is 0 Å². The molecule has 1 saturated heterocycles. The summed E-state index contributed by atoms with van der Waals surface area (Å²) in [7, 11) is 1.68. The van der Waals surface area contributed by atoms with E-state index in [0.29, 0.717) is 0 Å². The van der Waals surface area contributed by atoms with Crippen LogP contribution in [0.4, 0.5) is 11.6 Å². The fourth-order valence-electron chi connectivity index (χ4n) is 2.72. The highest BCUT2D eigenvalue weighted by atomic mass is 16.5. The third kappa shape index (κ3) is 4.35. The number of hydrogen-bond acceptors (Lipinski definition) is 6. The van der Waals surface area contributed by atoms with Crippen molar-refractivity contribution in [3.05, 3.63) is 41.7 Å².